The molecule has 1 aliphatic heterocycles. The second-order valence-electron chi connectivity index (χ2n) is 7.75. The lowest BCUT2D eigenvalue weighted by atomic mass is 9.88. The fraction of sp³-hybridized carbons (Fsp3) is 0.240. The maximum Gasteiger partial charge on any atom is 0.387 e. The van der Waals surface area contributed by atoms with Crippen LogP contribution in [0.3, 0.4) is 0 Å². The average molecular weight is 487 g/mol. The van der Waals surface area contributed by atoms with E-state index in [2.05, 4.69) is 5.32 Å². The van der Waals surface area contributed by atoms with Crippen molar-refractivity contribution in [2.24, 2.45) is 0 Å². The highest BCUT2D eigenvalue weighted by molar-refractivity contribution is 7.80. The molecule has 0 amide bonds. The Morgan fingerprint density at radius 2 is 1.76 bits per heavy atom. The monoisotopic (exact) mass is 486 g/mol. The molecular weight excluding hydrogens is 462 g/mol. The van der Waals surface area contributed by atoms with E-state index in [0.29, 0.717) is 27.9 Å². The lowest BCUT2D eigenvalue weighted by Crippen LogP contribution is -2.27. The number of fused-ring (bicyclic) bond motifs is 3. The van der Waals surface area contributed by atoms with Crippen LogP contribution in [-0.4, -0.2) is 44.9 Å². The number of rotatable bonds is 6. The van der Waals surface area contributed by atoms with Crippen LogP contribution in [0.2, 0.25) is 0 Å². The van der Waals surface area contributed by atoms with Crippen LogP contribution in [0.4, 0.5) is 14.5 Å². The van der Waals surface area contributed by atoms with Crippen molar-refractivity contribution in [2.45, 2.75) is 12.7 Å². The largest absolute Gasteiger partial charge is 0.493 e. The Hall–Kier alpha value is -3.59. The molecule has 0 fully saturated rings. The topological polar surface area (TPSA) is 52.2 Å². The molecule has 1 atom stereocenters. The SMILES string of the molecule is COc1ccc(C2Oc3cccc(OC(F)F)c3-c3ccc(NC(=S)N(C)C)cc32)cc1OC. The van der Waals surface area contributed by atoms with Crippen molar-refractivity contribution in [2.75, 3.05) is 33.6 Å². The van der Waals surface area contributed by atoms with Gasteiger partial charge in [0.2, 0.25) is 0 Å². The van der Waals surface area contributed by atoms with E-state index in [1.54, 1.807) is 37.3 Å². The number of nitrogens with zero attached hydrogens (tertiary/aromatic N) is 1. The molecule has 0 aliphatic carbocycles. The number of thiocarbonyl (C=S) groups is 1. The summed E-state index contributed by atoms with van der Waals surface area (Å²) in [6.45, 7) is -2.96. The molecular formula is C25H24F2N2O4S. The number of ether oxygens (including phenoxy) is 4. The molecule has 4 rings (SSSR count). The fourth-order valence-electron chi connectivity index (χ4n) is 3.84. The normalized spacial score (nSPS) is 13.9. The summed E-state index contributed by atoms with van der Waals surface area (Å²) in [5, 5.41) is 3.71. The standard InChI is InChI=1S/C25H24F2N2O4S/c1-29(2)25(34)28-15-9-10-16-17(13-15)23(14-8-11-18(30-3)21(12-14)31-4)32-19-6-5-7-20(22(16)19)33-24(26)27/h5-13,23-24H,1-4H3,(H,28,34). The summed E-state index contributed by atoms with van der Waals surface area (Å²) in [6.07, 6.45) is -0.543. The van der Waals surface area contributed by atoms with Crippen LogP contribution in [0.15, 0.2) is 54.6 Å². The van der Waals surface area contributed by atoms with Gasteiger partial charge in [0.05, 0.1) is 19.8 Å². The lowest BCUT2D eigenvalue weighted by molar-refractivity contribution is -0.0496. The van der Waals surface area contributed by atoms with Gasteiger partial charge in [-0.2, -0.15) is 8.78 Å². The van der Waals surface area contributed by atoms with Crippen molar-refractivity contribution in [1.29, 1.82) is 0 Å². The van der Waals surface area contributed by atoms with Crippen LogP contribution in [0.1, 0.15) is 17.2 Å². The minimum absolute atomic E-state index is 0.0454. The number of hydrogen-bond donors (Lipinski definition) is 1. The first-order chi connectivity index (χ1) is 16.3. The molecule has 34 heavy (non-hydrogen) atoms. The van der Waals surface area contributed by atoms with Crippen molar-refractivity contribution >= 4 is 23.0 Å². The van der Waals surface area contributed by atoms with Crippen LogP contribution >= 0.6 is 12.2 Å². The molecule has 0 bridgehead atoms. The maximum atomic E-state index is 13.1. The van der Waals surface area contributed by atoms with Crippen LogP contribution in [0.5, 0.6) is 23.0 Å². The van der Waals surface area contributed by atoms with E-state index in [1.807, 2.05) is 44.4 Å². The molecule has 3 aromatic rings. The van der Waals surface area contributed by atoms with E-state index < -0.39 is 12.7 Å². The molecule has 1 N–H and O–H groups in total. The van der Waals surface area contributed by atoms with Crippen molar-refractivity contribution in [3.63, 3.8) is 0 Å². The Bertz CT molecular complexity index is 1220. The fourth-order valence-corrected chi connectivity index (χ4v) is 3.96. The number of methoxy groups -OCH3 is 2. The van der Waals surface area contributed by atoms with E-state index in [4.69, 9.17) is 31.2 Å². The summed E-state index contributed by atoms with van der Waals surface area (Å²) in [5.74, 6) is 1.62. The number of nitrogens with one attached hydrogen (secondary N) is 1. The maximum absolute atomic E-state index is 13.1. The second-order valence-corrected chi connectivity index (χ2v) is 8.13. The molecule has 0 spiro atoms. The molecule has 1 heterocycles. The first-order valence-electron chi connectivity index (χ1n) is 10.4. The van der Waals surface area contributed by atoms with E-state index in [-0.39, 0.29) is 5.75 Å². The van der Waals surface area contributed by atoms with E-state index in [9.17, 15) is 8.78 Å². The summed E-state index contributed by atoms with van der Waals surface area (Å²) >= 11 is 5.38. The van der Waals surface area contributed by atoms with Crippen molar-refractivity contribution in [3.8, 4) is 34.1 Å². The van der Waals surface area contributed by atoms with Gasteiger partial charge < -0.3 is 29.2 Å². The summed E-state index contributed by atoms with van der Waals surface area (Å²) in [4.78, 5) is 1.78. The van der Waals surface area contributed by atoms with Gasteiger partial charge in [0.15, 0.2) is 16.6 Å². The predicted molar refractivity (Wildman–Crippen MR) is 130 cm³/mol. The number of halogens is 2. The van der Waals surface area contributed by atoms with E-state index >= 15 is 0 Å². The van der Waals surface area contributed by atoms with E-state index in [1.165, 1.54) is 6.07 Å². The Kier molecular flexibility index (Phi) is 6.74. The van der Waals surface area contributed by atoms with Gasteiger partial charge in [-0.15, -0.1) is 0 Å². The molecule has 0 saturated heterocycles. The smallest absolute Gasteiger partial charge is 0.387 e. The zero-order chi connectivity index (χ0) is 24.4. The summed E-state index contributed by atoms with van der Waals surface area (Å²) in [6, 6.07) is 16.0. The molecule has 6 nitrogen and oxygen atoms in total. The van der Waals surface area contributed by atoms with Gasteiger partial charge in [-0.05, 0) is 54.2 Å². The number of benzene rings is 3. The Labute approximate surface area is 202 Å². The summed E-state index contributed by atoms with van der Waals surface area (Å²) in [7, 11) is 6.81. The molecule has 3 aromatic carbocycles. The van der Waals surface area contributed by atoms with Gasteiger partial charge >= 0.3 is 6.61 Å². The van der Waals surface area contributed by atoms with Gasteiger partial charge in [0.1, 0.15) is 17.6 Å². The highest BCUT2D eigenvalue weighted by Crippen LogP contribution is 2.50. The molecule has 0 radical (unpaired) electrons. The predicted octanol–water partition coefficient (Wildman–Crippen LogP) is 5.71. The quantitative estimate of drug-likeness (QED) is 0.448. The second kappa shape index (κ2) is 9.72. The number of alkyl halides is 2. The van der Waals surface area contributed by atoms with E-state index in [0.717, 1.165) is 22.4 Å². The third kappa shape index (κ3) is 4.56. The lowest BCUT2D eigenvalue weighted by Gasteiger charge is -2.31. The van der Waals surface area contributed by atoms with Crippen molar-refractivity contribution in [1.82, 2.24) is 4.90 Å². The van der Waals surface area contributed by atoms with Crippen molar-refractivity contribution in [3.05, 3.63) is 65.7 Å². The minimum atomic E-state index is -2.96. The first-order valence-corrected chi connectivity index (χ1v) is 10.8. The first kappa shape index (κ1) is 23.6. The third-order valence-corrected chi connectivity index (χ3v) is 5.89. The summed E-state index contributed by atoms with van der Waals surface area (Å²) in [5.41, 5.74) is 3.49. The molecule has 178 valence electrons. The average Bonchev–Trinajstić information content (AvgIpc) is 2.82. The van der Waals surface area contributed by atoms with Gasteiger partial charge in [-0.25, -0.2) is 0 Å². The van der Waals surface area contributed by atoms with Crippen LogP contribution < -0.4 is 24.3 Å². The van der Waals surface area contributed by atoms with Crippen LogP contribution in [-0.2, 0) is 0 Å². The van der Waals surface area contributed by atoms with Crippen LogP contribution in [0.25, 0.3) is 11.1 Å². The molecule has 9 heteroatoms. The Morgan fingerprint density at radius 3 is 2.44 bits per heavy atom. The van der Waals surface area contributed by atoms with Gasteiger partial charge in [-0.3, -0.25) is 0 Å². The van der Waals surface area contributed by atoms with Crippen LogP contribution in [0, 0.1) is 0 Å². The minimum Gasteiger partial charge on any atom is -0.493 e. The summed E-state index contributed by atoms with van der Waals surface area (Å²) < 4.78 is 48.3. The molecule has 1 unspecified atom stereocenters. The van der Waals surface area contributed by atoms with Gasteiger partial charge in [0.25, 0.3) is 0 Å². The van der Waals surface area contributed by atoms with Crippen molar-refractivity contribution < 1.29 is 27.7 Å². The van der Waals surface area contributed by atoms with Gasteiger partial charge in [0, 0.05) is 30.9 Å². The highest BCUT2D eigenvalue weighted by atomic mass is 32.1. The highest BCUT2D eigenvalue weighted by Gasteiger charge is 2.31. The van der Waals surface area contributed by atoms with Gasteiger partial charge in [-0.1, -0.05) is 18.2 Å². The molecule has 0 aromatic heterocycles. The molecule has 1 aliphatic rings. The number of hydrogen-bond acceptors (Lipinski definition) is 5. The Morgan fingerprint density at radius 1 is 1.00 bits per heavy atom. The zero-order valence-electron chi connectivity index (χ0n) is 19.1. The third-order valence-electron chi connectivity index (χ3n) is 5.42. The zero-order valence-corrected chi connectivity index (χ0v) is 19.9. The molecule has 0 saturated carbocycles. The number of anilines is 1. The Balaban J connectivity index is 1.87.